The molecule has 176 valence electrons. The van der Waals surface area contributed by atoms with Crippen LogP contribution in [0.3, 0.4) is 0 Å². The van der Waals surface area contributed by atoms with Gasteiger partial charge < -0.3 is 15.2 Å². The van der Waals surface area contributed by atoms with Crippen molar-refractivity contribution in [2.45, 2.75) is 26.4 Å². The van der Waals surface area contributed by atoms with Crippen molar-refractivity contribution < 1.29 is 9.59 Å². The number of thiocarbonyl (C=S) groups is 1. The summed E-state index contributed by atoms with van der Waals surface area (Å²) in [4.78, 5) is 28.6. The Morgan fingerprint density at radius 3 is 2.69 bits per heavy atom. The number of hydrogen-bond donors (Lipinski definition) is 2. The minimum Gasteiger partial charge on any atom is -0.350 e. The molecular weight excluding hydrogens is 476 g/mol. The van der Waals surface area contributed by atoms with E-state index < -0.39 is 0 Å². The zero-order valence-corrected chi connectivity index (χ0v) is 20.8. The lowest BCUT2D eigenvalue weighted by Crippen LogP contribution is -2.30. The maximum atomic E-state index is 13.2. The maximum absolute atomic E-state index is 13.2. The van der Waals surface area contributed by atoms with Crippen LogP contribution in [-0.2, 0) is 29.1 Å². The standard InChI is InChI=1S/C27H24N4O2S2/c1-2-18-8-6-12-22-19(14-23-26(33)31(27(34)29-23)20-9-4-3-5-10-20)16-30(25(18)22)17-24(32)28-15-21-11-7-13-35-21/h3-14,16H,2,15,17H2,1H3,(H,28,32)(H,29,34)/b23-14-. The molecule has 0 unspecified atom stereocenters. The highest BCUT2D eigenvalue weighted by atomic mass is 32.1. The Kier molecular flexibility index (Phi) is 6.48. The summed E-state index contributed by atoms with van der Waals surface area (Å²) in [6.45, 7) is 2.80. The summed E-state index contributed by atoms with van der Waals surface area (Å²) in [5.41, 5.74) is 4.12. The number of nitrogens with zero attached hydrogens (tertiary/aromatic N) is 2. The predicted molar refractivity (Wildman–Crippen MR) is 145 cm³/mol. The molecule has 2 aromatic heterocycles. The summed E-state index contributed by atoms with van der Waals surface area (Å²) in [7, 11) is 0. The molecule has 0 spiro atoms. The van der Waals surface area contributed by atoms with Crippen LogP contribution in [-0.4, -0.2) is 21.5 Å². The van der Waals surface area contributed by atoms with Gasteiger partial charge in [0.2, 0.25) is 5.91 Å². The van der Waals surface area contributed by atoms with Gasteiger partial charge in [-0.3, -0.25) is 14.5 Å². The number of para-hydroxylation sites is 2. The SMILES string of the molecule is CCc1cccc2c(/C=C3\NC(=S)N(c4ccccc4)C3=O)cn(CC(=O)NCc3cccs3)c12. The zero-order chi connectivity index (χ0) is 24.4. The second kappa shape index (κ2) is 9.85. The van der Waals surface area contributed by atoms with Gasteiger partial charge in [0.25, 0.3) is 5.91 Å². The lowest BCUT2D eigenvalue weighted by atomic mass is 10.1. The van der Waals surface area contributed by atoms with Crippen molar-refractivity contribution >= 4 is 63.1 Å². The fraction of sp³-hybridized carbons (Fsp3) is 0.148. The second-order valence-electron chi connectivity index (χ2n) is 8.20. The Morgan fingerprint density at radius 2 is 1.94 bits per heavy atom. The van der Waals surface area contributed by atoms with Gasteiger partial charge in [-0.25, -0.2) is 0 Å². The molecule has 35 heavy (non-hydrogen) atoms. The number of carbonyl (C=O) groups excluding carboxylic acids is 2. The average Bonchev–Trinajstić information content (AvgIpc) is 3.57. The molecule has 1 aliphatic heterocycles. The van der Waals surface area contributed by atoms with Crippen molar-refractivity contribution in [2.24, 2.45) is 0 Å². The lowest BCUT2D eigenvalue weighted by Gasteiger charge is -2.13. The third-order valence-electron chi connectivity index (χ3n) is 5.94. The van der Waals surface area contributed by atoms with E-state index in [-0.39, 0.29) is 18.4 Å². The van der Waals surface area contributed by atoms with Crippen LogP contribution in [0.2, 0.25) is 0 Å². The average molecular weight is 501 g/mol. The number of rotatable bonds is 7. The van der Waals surface area contributed by atoms with Gasteiger partial charge in [-0.05, 0) is 53.9 Å². The fourth-order valence-corrected chi connectivity index (χ4v) is 5.24. The predicted octanol–water partition coefficient (Wildman–Crippen LogP) is 4.84. The molecule has 0 bridgehead atoms. The molecule has 2 amide bonds. The summed E-state index contributed by atoms with van der Waals surface area (Å²) >= 11 is 7.07. The van der Waals surface area contributed by atoms with E-state index in [1.54, 1.807) is 11.3 Å². The number of thiophene rings is 1. The number of aromatic nitrogens is 1. The molecule has 0 aliphatic carbocycles. The van der Waals surface area contributed by atoms with Crippen molar-refractivity contribution in [3.05, 3.63) is 93.9 Å². The van der Waals surface area contributed by atoms with Crippen molar-refractivity contribution in [3.8, 4) is 0 Å². The second-order valence-corrected chi connectivity index (χ2v) is 9.62. The summed E-state index contributed by atoms with van der Waals surface area (Å²) in [6.07, 6.45) is 4.58. The van der Waals surface area contributed by atoms with Crippen molar-refractivity contribution in [1.29, 1.82) is 0 Å². The smallest absolute Gasteiger partial charge is 0.281 e. The number of amides is 2. The molecule has 6 nitrogen and oxygen atoms in total. The first-order valence-corrected chi connectivity index (χ1v) is 12.7. The molecule has 5 rings (SSSR count). The number of carbonyl (C=O) groups is 2. The van der Waals surface area contributed by atoms with Crippen molar-refractivity contribution in [1.82, 2.24) is 15.2 Å². The number of aryl methyl sites for hydroxylation is 1. The van der Waals surface area contributed by atoms with E-state index in [0.29, 0.717) is 17.4 Å². The fourth-order valence-electron chi connectivity index (χ4n) is 4.30. The van der Waals surface area contributed by atoms with Crippen LogP contribution in [0.15, 0.2) is 77.9 Å². The van der Waals surface area contributed by atoms with Gasteiger partial charge in [-0.2, -0.15) is 0 Å². The summed E-state index contributed by atoms with van der Waals surface area (Å²) in [5.74, 6) is -0.269. The summed E-state index contributed by atoms with van der Waals surface area (Å²) in [6, 6.07) is 19.4. The first-order valence-electron chi connectivity index (χ1n) is 11.4. The topological polar surface area (TPSA) is 66.4 Å². The minimum atomic E-state index is -0.206. The highest BCUT2D eigenvalue weighted by Crippen LogP contribution is 2.29. The van der Waals surface area contributed by atoms with Gasteiger partial charge in [-0.1, -0.05) is 49.4 Å². The number of hydrogen-bond acceptors (Lipinski definition) is 4. The van der Waals surface area contributed by atoms with Crippen LogP contribution in [0.25, 0.3) is 17.0 Å². The minimum absolute atomic E-state index is 0.0630. The number of nitrogens with one attached hydrogen (secondary N) is 2. The Bertz CT molecular complexity index is 1440. The molecular formula is C27H24N4O2S2. The highest BCUT2D eigenvalue weighted by molar-refractivity contribution is 7.80. The van der Waals surface area contributed by atoms with E-state index in [9.17, 15) is 9.59 Å². The van der Waals surface area contributed by atoms with Gasteiger partial charge in [-0.15, -0.1) is 11.3 Å². The molecule has 8 heteroatoms. The van der Waals surface area contributed by atoms with Gasteiger partial charge in [0.05, 0.1) is 17.7 Å². The molecule has 2 N–H and O–H groups in total. The molecule has 1 aliphatic rings. The van der Waals surface area contributed by atoms with Gasteiger partial charge in [0.15, 0.2) is 5.11 Å². The molecule has 4 aromatic rings. The first kappa shape index (κ1) is 23.0. The quantitative estimate of drug-likeness (QED) is 0.281. The Morgan fingerprint density at radius 1 is 1.11 bits per heavy atom. The molecule has 0 atom stereocenters. The molecule has 3 heterocycles. The van der Waals surface area contributed by atoms with E-state index in [1.807, 2.05) is 76.8 Å². The molecule has 0 radical (unpaired) electrons. The third-order valence-corrected chi connectivity index (χ3v) is 7.10. The van der Waals surface area contributed by atoms with E-state index >= 15 is 0 Å². The Hall–Kier alpha value is -3.75. The van der Waals surface area contributed by atoms with Gasteiger partial charge in [0.1, 0.15) is 12.2 Å². The van der Waals surface area contributed by atoms with Crippen LogP contribution < -0.4 is 15.5 Å². The Balaban J connectivity index is 1.47. The summed E-state index contributed by atoms with van der Waals surface area (Å²) in [5, 5.41) is 9.39. The van der Waals surface area contributed by atoms with E-state index in [0.717, 1.165) is 39.0 Å². The van der Waals surface area contributed by atoms with Crippen LogP contribution in [0.5, 0.6) is 0 Å². The van der Waals surface area contributed by atoms with E-state index in [2.05, 4.69) is 23.6 Å². The van der Waals surface area contributed by atoms with Crippen LogP contribution in [0.1, 0.15) is 22.9 Å². The monoisotopic (exact) mass is 500 g/mol. The van der Waals surface area contributed by atoms with Crippen LogP contribution >= 0.6 is 23.6 Å². The largest absolute Gasteiger partial charge is 0.350 e. The number of benzene rings is 2. The van der Waals surface area contributed by atoms with E-state index in [1.165, 1.54) is 4.90 Å². The molecule has 1 fully saturated rings. The number of anilines is 1. The first-order chi connectivity index (χ1) is 17.0. The highest BCUT2D eigenvalue weighted by Gasteiger charge is 2.32. The van der Waals surface area contributed by atoms with Crippen LogP contribution in [0, 0.1) is 0 Å². The molecule has 2 aromatic carbocycles. The lowest BCUT2D eigenvalue weighted by molar-refractivity contribution is -0.121. The van der Waals surface area contributed by atoms with Gasteiger partial charge in [0, 0.05) is 22.0 Å². The molecule has 1 saturated heterocycles. The van der Waals surface area contributed by atoms with E-state index in [4.69, 9.17) is 12.2 Å². The third kappa shape index (κ3) is 4.62. The molecule has 0 saturated carbocycles. The van der Waals surface area contributed by atoms with Crippen LogP contribution in [0.4, 0.5) is 5.69 Å². The van der Waals surface area contributed by atoms with Crippen molar-refractivity contribution in [2.75, 3.05) is 4.90 Å². The maximum Gasteiger partial charge on any atom is 0.281 e. The van der Waals surface area contributed by atoms with Crippen molar-refractivity contribution in [3.63, 3.8) is 0 Å². The number of fused-ring (bicyclic) bond motifs is 1. The normalized spacial score (nSPS) is 14.7. The zero-order valence-electron chi connectivity index (χ0n) is 19.2. The summed E-state index contributed by atoms with van der Waals surface area (Å²) < 4.78 is 1.97. The Labute approximate surface area is 212 Å². The van der Waals surface area contributed by atoms with Gasteiger partial charge >= 0.3 is 0 Å².